The largest absolute Gasteiger partial charge is 0.267 e. The fraction of sp³-hybridized carbons (Fsp3) is 0. The SMILES string of the molecule is NS(=O)(=O)c1nnc(S(=O)(=O)c2ccc(F)cc2)s1. The van der Waals surface area contributed by atoms with Gasteiger partial charge in [-0.2, -0.15) is 0 Å². The molecule has 0 fully saturated rings. The Morgan fingerprint density at radius 1 is 1.00 bits per heavy atom. The van der Waals surface area contributed by atoms with Crippen molar-refractivity contribution in [2.45, 2.75) is 13.6 Å². The summed E-state index contributed by atoms with van der Waals surface area (Å²) in [5.74, 6) is -0.596. The van der Waals surface area contributed by atoms with E-state index in [-0.39, 0.29) is 4.90 Å². The van der Waals surface area contributed by atoms with Crippen molar-refractivity contribution in [3.8, 4) is 0 Å². The van der Waals surface area contributed by atoms with E-state index in [2.05, 4.69) is 10.2 Å². The van der Waals surface area contributed by atoms with Crippen LogP contribution in [0.15, 0.2) is 37.8 Å². The first-order valence-corrected chi connectivity index (χ1v) is 8.43. The third kappa shape index (κ3) is 2.78. The molecule has 0 saturated heterocycles. The number of primary sulfonamides is 1. The number of sulfone groups is 1. The maximum absolute atomic E-state index is 12.7. The van der Waals surface area contributed by atoms with Crippen LogP contribution in [-0.4, -0.2) is 27.0 Å². The zero-order chi connectivity index (χ0) is 14.3. The third-order valence-corrected chi connectivity index (χ3v) is 6.36. The van der Waals surface area contributed by atoms with Crippen LogP contribution in [0.4, 0.5) is 4.39 Å². The molecule has 0 saturated carbocycles. The molecule has 0 aliphatic rings. The summed E-state index contributed by atoms with van der Waals surface area (Å²) in [6, 6.07) is 4.02. The van der Waals surface area contributed by atoms with Gasteiger partial charge in [0.05, 0.1) is 4.90 Å². The summed E-state index contributed by atoms with van der Waals surface area (Å²) in [4.78, 5) is -0.217. The molecule has 0 aliphatic heterocycles. The van der Waals surface area contributed by atoms with Crippen LogP contribution in [0.2, 0.25) is 0 Å². The minimum atomic E-state index is -4.11. The quantitative estimate of drug-likeness (QED) is 0.803. The highest BCUT2D eigenvalue weighted by Crippen LogP contribution is 2.25. The smallest absolute Gasteiger partial charge is 0.223 e. The molecular weight excluding hydrogens is 317 g/mol. The summed E-state index contributed by atoms with van der Waals surface area (Å²) in [6.45, 7) is 0. The highest BCUT2D eigenvalue weighted by atomic mass is 32.3. The van der Waals surface area contributed by atoms with Crippen molar-refractivity contribution in [3.05, 3.63) is 30.1 Å². The van der Waals surface area contributed by atoms with Crippen molar-refractivity contribution < 1.29 is 21.2 Å². The summed E-state index contributed by atoms with van der Waals surface area (Å²) in [5, 5.41) is 11.3. The van der Waals surface area contributed by atoms with Crippen LogP contribution in [-0.2, 0) is 19.9 Å². The fourth-order valence-electron chi connectivity index (χ4n) is 1.14. The molecule has 2 rings (SSSR count). The minimum Gasteiger partial charge on any atom is -0.223 e. The van der Waals surface area contributed by atoms with Gasteiger partial charge in [-0.1, -0.05) is 11.3 Å². The van der Waals surface area contributed by atoms with Gasteiger partial charge in [0.25, 0.3) is 10.0 Å². The molecule has 0 amide bonds. The van der Waals surface area contributed by atoms with Crippen molar-refractivity contribution in [2.24, 2.45) is 5.14 Å². The number of benzene rings is 1. The van der Waals surface area contributed by atoms with Crippen LogP contribution in [0.1, 0.15) is 0 Å². The van der Waals surface area contributed by atoms with Crippen molar-refractivity contribution in [3.63, 3.8) is 0 Å². The lowest BCUT2D eigenvalue weighted by Crippen LogP contribution is -2.11. The van der Waals surface area contributed by atoms with E-state index in [1.165, 1.54) is 0 Å². The number of halogens is 1. The van der Waals surface area contributed by atoms with Gasteiger partial charge in [0.2, 0.25) is 18.5 Å². The summed E-state index contributed by atoms with van der Waals surface area (Å²) < 4.78 is 57.7. The second-order valence-corrected chi connectivity index (χ2v) is 8.17. The zero-order valence-corrected chi connectivity index (χ0v) is 11.5. The summed E-state index contributed by atoms with van der Waals surface area (Å²) in [6.07, 6.45) is 0. The monoisotopic (exact) mass is 323 g/mol. The maximum atomic E-state index is 12.7. The van der Waals surface area contributed by atoms with Crippen LogP contribution < -0.4 is 5.14 Å². The molecule has 11 heteroatoms. The van der Waals surface area contributed by atoms with E-state index in [1.54, 1.807) is 0 Å². The molecule has 0 aliphatic carbocycles. The molecule has 0 spiro atoms. The molecule has 102 valence electrons. The van der Waals surface area contributed by atoms with Gasteiger partial charge < -0.3 is 0 Å². The van der Waals surface area contributed by atoms with Crippen molar-refractivity contribution in [1.29, 1.82) is 0 Å². The molecule has 1 aromatic carbocycles. The lowest BCUT2D eigenvalue weighted by atomic mass is 10.4. The third-order valence-electron chi connectivity index (χ3n) is 1.99. The van der Waals surface area contributed by atoms with E-state index in [4.69, 9.17) is 5.14 Å². The van der Waals surface area contributed by atoms with Crippen molar-refractivity contribution in [2.75, 3.05) is 0 Å². The Bertz CT molecular complexity index is 811. The molecule has 1 heterocycles. The predicted molar refractivity (Wildman–Crippen MR) is 63.1 cm³/mol. The van der Waals surface area contributed by atoms with E-state index in [9.17, 15) is 21.2 Å². The van der Waals surface area contributed by atoms with Gasteiger partial charge in [-0.25, -0.2) is 26.4 Å². The van der Waals surface area contributed by atoms with Gasteiger partial charge in [0.15, 0.2) is 0 Å². The van der Waals surface area contributed by atoms with E-state index < -0.39 is 34.4 Å². The average molecular weight is 323 g/mol. The van der Waals surface area contributed by atoms with Gasteiger partial charge in [-0.3, -0.25) is 0 Å². The van der Waals surface area contributed by atoms with E-state index in [0.29, 0.717) is 11.3 Å². The molecular formula is C8H6FN3O4S3. The molecule has 2 N–H and O–H groups in total. The van der Waals surface area contributed by atoms with Crippen molar-refractivity contribution >= 4 is 31.2 Å². The highest BCUT2D eigenvalue weighted by molar-refractivity contribution is 7.95. The van der Waals surface area contributed by atoms with Crippen molar-refractivity contribution in [1.82, 2.24) is 10.2 Å². The average Bonchev–Trinajstić information content (AvgIpc) is 2.79. The first kappa shape index (κ1) is 14.0. The van der Waals surface area contributed by atoms with Gasteiger partial charge in [0.1, 0.15) is 5.82 Å². The second-order valence-electron chi connectivity index (χ2n) is 3.34. The van der Waals surface area contributed by atoms with Gasteiger partial charge >= 0.3 is 0 Å². The van der Waals surface area contributed by atoms with Crippen LogP contribution in [0.5, 0.6) is 0 Å². The van der Waals surface area contributed by atoms with Gasteiger partial charge in [-0.15, -0.1) is 10.2 Å². The Balaban J connectivity index is 2.51. The highest BCUT2D eigenvalue weighted by Gasteiger charge is 2.25. The number of aromatic nitrogens is 2. The van der Waals surface area contributed by atoms with Gasteiger partial charge in [0, 0.05) is 0 Å². The normalized spacial score (nSPS) is 12.5. The lowest BCUT2D eigenvalue weighted by Gasteiger charge is -1.99. The van der Waals surface area contributed by atoms with Gasteiger partial charge in [-0.05, 0) is 24.3 Å². The molecule has 1 aromatic heterocycles. The summed E-state index contributed by atoms with van der Waals surface area (Å²) >= 11 is 0.329. The maximum Gasteiger partial charge on any atom is 0.267 e. The number of hydrogen-bond acceptors (Lipinski definition) is 7. The predicted octanol–water partition coefficient (Wildman–Crippen LogP) is 0.157. The molecule has 0 bridgehead atoms. The Kier molecular flexibility index (Phi) is 3.38. The Morgan fingerprint density at radius 3 is 2.00 bits per heavy atom. The Morgan fingerprint density at radius 2 is 1.53 bits per heavy atom. The Labute approximate surface area is 111 Å². The van der Waals surface area contributed by atoms with Crippen LogP contribution >= 0.6 is 11.3 Å². The van der Waals surface area contributed by atoms with E-state index in [0.717, 1.165) is 24.3 Å². The standard InChI is InChI=1S/C8H6FN3O4S3/c9-5-1-3-6(4-2-5)18(13,14)7-11-12-8(17-7)19(10,15)16/h1-4H,(H2,10,15,16). The molecule has 0 unspecified atom stereocenters. The van der Waals surface area contributed by atoms with Crippen LogP contribution in [0.25, 0.3) is 0 Å². The van der Waals surface area contributed by atoms with Crippen LogP contribution in [0.3, 0.4) is 0 Å². The van der Waals surface area contributed by atoms with E-state index >= 15 is 0 Å². The first-order valence-electron chi connectivity index (χ1n) is 4.58. The topological polar surface area (TPSA) is 120 Å². The Hall–Kier alpha value is -1.43. The summed E-state index contributed by atoms with van der Waals surface area (Å²) in [5.41, 5.74) is 0. The number of sulfonamides is 1. The van der Waals surface area contributed by atoms with Crippen LogP contribution in [0, 0.1) is 5.82 Å². The summed E-state index contributed by atoms with van der Waals surface area (Å²) in [7, 11) is -8.15. The minimum absolute atomic E-state index is 0.217. The molecule has 7 nitrogen and oxygen atoms in total. The molecule has 0 atom stereocenters. The molecule has 2 aromatic rings. The second kappa shape index (κ2) is 4.59. The molecule has 0 radical (unpaired) electrons. The molecule has 19 heavy (non-hydrogen) atoms. The zero-order valence-electron chi connectivity index (χ0n) is 9.02. The van der Waals surface area contributed by atoms with E-state index in [1.807, 2.05) is 0 Å². The number of hydrogen-bond donors (Lipinski definition) is 1. The number of nitrogens with zero attached hydrogens (tertiary/aromatic N) is 2. The lowest BCUT2D eigenvalue weighted by molar-refractivity contribution is 0.589. The first-order chi connectivity index (χ1) is 8.71. The number of rotatable bonds is 3. The fourth-order valence-corrected chi connectivity index (χ4v) is 4.27. The number of nitrogens with two attached hydrogens (primary N) is 1.